The molecule has 3 rings (SSSR count). The molecule has 0 aliphatic heterocycles. The van der Waals surface area contributed by atoms with E-state index in [-0.39, 0.29) is 0 Å². The Bertz CT molecular complexity index is 857. The predicted molar refractivity (Wildman–Crippen MR) is 107 cm³/mol. The van der Waals surface area contributed by atoms with Crippen molar-refractivity contribution in [1.29, 1.82) is 0 Å². The highest BCUT2D eigenvalue weighted by atomic mass is 35.5. The zero-order valence-electron chi connectivity index (χ0n) is 15.6. The molecule has 140 valence electrons. The van der Waals surface area contributed by atoms with E-state index in [0.29, 0.717) is 29.2 Å². The van der Waals surface area contributed by atoms with E-state index in [9.17, 15) is 0 Å². The largest absolute Gasteiger partial charge is 0.493 e. The molecule has 0 saturated carbocycles. The molecular weight excluding hydrogens is 360 g/mol. The van der Waals surface area contributed by atoms with Crippen molar-refractivity contribution in [2.75, 3.05) is 7.11 Å². The standard InChI is InChI=1S/C22H23ClN2O2/c1-16(19-8-4-3-5-9-19)25-14-18-11-20(23)22(21(12-18)26-2)27-15-17-7-6-10-24-13-17/h3-13,16,25H,14-15H2,1-2H3/p+1/t16-/m1/s1. The van der Waals surface area contributed by atoms with Crippen LogP contribution in [-0.2, 0) is 13.2 Å². The van der Waals surface area contributed by atoms with Crippen LogP contribution in [0.4, 0.5) is 0 Å². The number of nitrogens with two attached hydrogens (primary N) is 1. The third-order valence-corrected chi connectivity index (χ3v) is 4.71. The summed E-state index contributed by atoms with van der Waals surface area (Å²) in [7, 11) is 1.63. The summed E-state index contributed by atoms with van der Waals surface area (Å²) >= 11 is 6.48. The average molecular weight is 384 g/mol. The number of hydrogen-bond acceptors (Lipinski definition) is 3. The summed E-state index contributed by atoms with van der Waals surface area (Å²) in [5, 5.41) is 2.82. The first kappa shape index (κ1) is 19.2. The van der Waals surface area contributed by atoms with E-state index in [0.717, 1.165) is 17.7 Å². The maximum absolute atomic E-state index is 6.48. The lowest BCUT2D eigenvalue weighted by Gasteiger charge is -2.15. The predicted octanol–water partition coefficient (Wildman–Crippen LogP) is 4.15. The van der Waals surface area contributed by atoms with Gasteiger partial charge in [-0.25, -0.2) is 0 Å². The smallest absolute Gasteiger partial charge is 0.180 e. The Kier molecular flexibility index (Phi) is 6.69. The van der Waals surface area contributed by atoms with Crippen LogP contribution in [0.15, 0.2) is 67.0 Å². The average Bonchev–Trinajstić information content (AvgIpc) is 2.72. The van der Waals surface area contributed by atoms with E-state index in [4.69, 9.17) is 21.1 Å². The maximum atomic E-state index is 6.48. The SMILES string of the molecule is COc1cc(C[NH2+][C@H](C)c2ccccc2)cc(Cl)c1OCc1cccnc1. The number of hydrogen-bond donors (Lipinski definition) is 1. The highest BCUT2D eigenvalue weighted by Crippen LogP contribution is 2.36. The Morgan fingerprint density at radius 3 is 2.59 bits per heavy atom. The van der Waals surface area contributed by atoms with Gasteiger partial charge in [0.1, 0.15) is 19.2 Å². The first-order valence-electron chi connectivity index (χ1n) is 8.93. The normalized spacial score (nSPS) is 11.8. The third-order valence-electron chi connectivity index (χ3n) is 4.43. The number of nitrogens with zero attached hydrogens (tertiary/aromatic N) is 1. The summed E-state index contributed by atoms with van der Waals surface area (Å²) in [6, 6.07) is 18.6. The van der Waals surface area contributed by atoms with Gasteiger partial charge in [-0.05, 0) is 25.1 Å². The fourth-order valence-corrected chi connectivity index (χ4v) is 3.16. The molecule has 0 aliphatic rings. The van der Waals surface area contributed by atoms with Crippen molar-refractivity contribution in [3.8, 4) is 11.5 Å². The number of benzene rings is 2. The second kappa shape index (κ2) is 9.40. The van der Waals surface area contributed by atoms with E-state index >= 15 is 0 Å². The van der Waals surface area contributed by atoms with Crippen LogP contribution in [0.25, 0.3) is 0 Å². The molecule has 3 aromatic rings. The molecule has 0 aliphatic carbocycles. The molecule has 0 saturated heterocycles. The summed E-state index contributed by atoms with van der Waals surface area (Å²) in [4.78, 5) is 4.09. The van der Waals surface area contributed by atoms with Gasteiger partial charge >= 0.3 is 0 Å². The number of rotatable bonds is 8. The summed E-state index contributed by atoms with van der Waals surface area (Å²) in [5.74, 6) is 1.20. The molecule has 0 radical (unpaired) electrons. The molecule has 27 heavy (non-hydrogen) atoms. The number of methoxy groups -OCH3 is 1. The maximum Gasteiger partial charge on any atom is 0.180 e. The molecule has 1 atom stereocenters. The highest BCUT2D eigenvalue weighted by Gasteiger charge is 2.15. The summed E-state index contributed by atoms with van der Waals surface area (Å²) < 4.78 is 11.4. The van der Waals surface area contributed by atoms with Gasteiger partial charge in [-0.1, -0.05) is 48.0 Å². The Balaban J connectivity index is 1.68. The summed E-state index contributed by atoms with van der Waals surface area (Å²) in [5.41, 5.74) is 3.37. The molecule has 5 heteroatoms. The minimum absolute atomic E-state index is 0.359. The monoisotopic (exact) mass is 383 g/mol. The van der Waals surface area contributed by atoms with Crippen molar-refractivity contribution in [2.24, 2.45) is 0 Å². The first-order chi connectivity index (χ1) is 13.2. The van der Waals surface area contributed by atoms with Crippen molar-refractivity contribution < 1.29 is 14.8 Å². The van der Waals surface area contributed by atoms with Crippen molar-refractivity contribution in [3.05, 3.63) is 88.7 Å². The van der Waals surface area contributed by atoms with Crippen molar-refractivity contribution in [2.45, 2.75) is 26.1 Å². The second-order valence-corrected chi connectivity index (χ2v) is 6.81. The van der Waals surface area contributed by atoms with E-state index < -0.39 is 0 Å². The molecule has 2 N–H and O–H groups in total. The van der Waals surface area contributed by atoms with Gasteiger partial charge in [-0.15, -0.1) is 0 Å². The van der Waals surface area contributed by atoms with Gasteiger partial charge in [-0.3, -0.25) is 4.98 Å². The fraction of sp³-hybridized carbons (Fsp3) is 0.227. The van der Waals surface area contributed by atoms with Crippen LogP contribution in [0.2, 0.25) is 5.02 Å². The van der Waals surface area contributed by atoms with Crippen LogP contribution in [0, 0.1) is 0 Å². The van der Waals surface area contributed by atoms with Gasteiger partial charge in [0, 0.05) is 29.1 Å². The van der Waals surface area contributed by atoms with Gasteiger partial charge in [-0.2, -0.15) is 0 Å². The van der Waals surface area contributed by atoms with Gasteiger partial charge in [0.25, 0.3) is 0 Å². The van der Waals surface area contributed by atoms with E-state index in [1.54, 1.807) is 19.5 Å². The van der Waals surface area contributed by atoms with Gasteiger partial charge in [0.05, 0.1) is 12.1 Å². The number of ether oxygens (including phenoxy) is 2. The Labute approximate surface area is 165 Å². The lowest BCUT2D eigenvalue weighted by molar-refractivity contribution is -0.707. The lowest BCUT2D eigenvalue weighted by atomic mass is 10.1. The first-order valence-corrected chi connectivity index (χ1v) is 9.31. The van der Waals surface area contributed by atoms with E-state index in [1.807, 2.05) is 30.3 Å². The van der Waals surface area contributed by atoms with Crippen molar-refractivity contribution >= 4 is 11.6 Å². The fourth-order valence-electron chi connectivity index (χ4n) is 2.88. The minimum atomic E-state index is 0.359. The summed E-state index contributed by atoms with van der Waals surface area (Å²) in [6.45, 7) is 3.38. The topological polar surface area (TPSA) is 48.0 Å². The number of pyridine rings is 1. The molecule has 1 aromatic heterocycles. The number of aromatic nitrogens is 1. The van der Waals surface area contributed by atoms with Crippen molar-refractivity contribution in [1.82, 2.24) is 4.98 Å². The molecule has 4 nitrogen and oxygen atoms in total. The Hall–Kier alpha value is -2.56. The van der Waals surface area contributed by atoms with Crippen LogP contribution in [-0.4, -0.2) is 12.1 Å². The van der Waals surface area contributed by atoms with Crippen LogP contribution < -0.4 is 14.8 Å². The molecule has 0 bridgehead atoms. The third kappa shape index (κ3) is 5.22. The van der Waals surface area contributed by atoms with Gasteiger partial charge in [0.15, 0.2) is 11.5 Å². The van der Waals surface area contributed by atoms with Crippen LogP contribution >= 0.6 is 11.6 Å². The Morgan fingerprint density at radius 1 is 1.07 bits per heavy atom. The number of quaternary nitrogens is 1. The quantitative estimate of drug-likeness (QED) is 0.635. The molecule has 2 aromatic carbocycles. The second-order valence-electron chi connectivity index (χ2n) is 6.40. The Morgan fingerprint density at radius 2 is 1.89 bits per heavy atom. The molecule has 1 heterocycles. The van der Waals surface area contributed by atoms with E-state index in [1.165, 1.54) is 5.56 Å². The molecule has 0 amide bonds. The van der Waals surface area contributed by atoms with Gasteiger partial charge < -0.3 is 14.8 Å². The minimum Gasteiger partial charge on any atom is -0.493 e. The molecule has 0 spiro atoms. The zero-order valence-corrected chi connectivity index (χ0v) is 16.3. The van der Waals surface area contributed by atoms with E-state index in [2.05, 4.69) is 41.5 Å². The molecule has 0 fully saturated rings. The number of halogens is 1. The van der Waals surface area contributed by atoms with Crippen LogP contribution in [0.5, 0.6) is 11.5 Å². The van der Waals surface area contributed by atoms with Crippen LogP contribution in [0.1, 0.15) is 29.7 Å². The lowest BCUT2D eigenvalue weighted by Crippen LogP contribution is -2.83. The molecular formula is C22H24ClN2O2+. The molecule has 0 unspecified atom stereocenters. The van der Waals surface area contributed by atoms with Crippen molar-refractivity contribution in [3.63, 3.8) is 0 Å². The summed E-state index contributed by atoms with van der Waals surface area (Å²) in [6.07, 6.45) is 3.51. The van der Waals surface area contributed by atoms with Crippen LogP contribution in [0.3, 0.4) is 0 Å². The zero-order chi connectivity index (χ0) is 19.1. The van der Waals surface area contributed by atoms with Gasteiger partial charge in [0.2, 0.25) is 0 Å². The highest BCUT2D eigenvalue weighted by molar-refractivity contribution is 6.32.